The van der Waals surface area contributed by atoms with Crippen molar-refractivity contribution in [2.75, 3.05) is 20.1 Å². The highest BCUT2D eigenvalue weighted by Gasteiger charge is 2.31. The number of nitrogens with zero attached hydrogens (tertiary/aromatic N) is 5. The van der Waals surface area contributed by atoms with Crippen LogP contribution in [0.25, 0.3) is 22.3 Å². The van der Waals surface area contributed by atoms with Gasteiger partial charge in [-0.1, -0.05) is 13.8 Å². The highest BCUT2D eigenvalue weighted by atomic mass is 19.1. The summed E-state index contributed by atoms with van der Waals surface area (Å²) in [6.45, 7) is 4.95. The average Bonchev–Trinajstić information content (AvgIpc) is 3.34. The molecule has 0 saturated carbocycles. The first kappa shape index (κ1) is 26.0. The summed E-state index contributed by atoms with van der Waals surface area (Å²) in [5, 5.41) is 18.8. The fourth-order valence-corrected chi connectivity index (χ4v) is 4.81. The molecule has 4 rings (SSSR count). The standard InChI is InChI=1S/C28H30FN5O3/c1-17(2)6-7-19-15-31-24-9-8-23(20-11-18(14-30)12-21(29)13-20)32-26(24)25(19)27(35)33(3)16-22-5-4-10-34(22)28(36)37/h8-9,11-13,15,17,22H,4-7,10,16H2,1-3H3,(H,36,37)/t22-/m0/s1. The number of rotatable bonds is 7. The lowest BCUT2D eigenvalue weighted by Crippen LogP contribution is -2.43. The van der Waals surface area contributed by atoms with Gasteiger partial charge in [-0.3, -0.25) is 9.78 Å². The molecule has 0 bridgehead atoms. The molecule has 1 aliphatic rings. The maximum Gasteiger partial charge on any atom is 0.407 e. The summed E-state index contributed by atoms with van der Waals surface area (Å²) in [6, 6.07) is 9.14. The van der Waals surface area contributed by atoms with Crippen LogP contribution in [0.1, 0.15) is 54.6 Å². The molecule has 3 aromatic rings. The van der Waals surface area contributed by atoms with Crippen molar-refractivity contribution >= 4 is 23.0 Å². The molecule has 0 aliphatic carbocycles. The number of likely N-dealkylation sites (N-methyl/N-ethyl adjacent to an activating group) is 1. The Kier molecular flexibility index (Phi) is 7.67. The topological polar surface area (TPSA) is 110 Å². The van der Waals surface area contributed by atoms with Crippen LogP contribution < -0.4 is 0 Å². The molecule has 1 fully saturated rings. The number of benzene rings is 1. The molecule has 1 saturated heterocycles. The largest absolute Gasteiger partial charge is 0.465 e. The molecule has 0 radical (unpaired) electrons. The van der Waals surface area contributed by atoms with Crippen molar-refractivity contribution in [2.45, 2.75) is 45.6 Å². The number of hydrogen-bond donors (Lipinski definition) is 1. The van der Waals surface area contributed by atoms with Crippen molar-refractivity contribution in [3.05, 3.63) is 59.0 Å². The number of carbonyl (C=O) groups excluding carboxylic acids is 1. The first-order chi connectivity index (χ1) is 17.7. The van der Waals surface area contributed by atoms with E-state index in [1.54, 1.807) is 36.3 Å². The van der Waals surface area contributed by atoms with E-state index >= 15 is 0 Å². The number of carboxylic acid groups (broad SMARTS) is 1. The Bertz CT molecular complexity index is 1380. The van der Waals surface area contributed by atoms with Gasteiger partial charge in [0.1, 0.15) is 11.3 Å². The Hall–Kier alpha value is -4.06. The van der Waals surface area contributed by atoms with Gasteiger partial charge in [0.2, 0.25) is 0 Å². The molecule has 0 spiro atoms. The third kappa shape index (κ3) is 5.69. The summed E-state index contributed by atoms with van der Waals surface area (Å²) >= 11 is 0. The average molecular weight is 504 g/mol. The molecule has 37 heavy (non-hydrogen) atoms. The van der Waals surface area contributed by atoms with Crippen molar-refractivity contribution in [2.24, 2.45) is 5.92 Å². The number of nitriles is 1. The Labute approximate surface area is 215 Å². The van der Waals surface area contributed by atoms with Crippen molar-refractivity contribution in [1.29, 1.82) is 5.26 Å². The predicted molar refractivity (Wildman–Crippen MR) is 138 cm³/mol. The second-order valence-corrected chi connectivity index (χ2v) is 9.95. The molecule has 2 aromatic heterocycles. The van der Waals surface area contributed by atoms with Crippen LogP contribution in [-0.2, 0) is 6.42 Å². The van der Waals surface area contributed by atoms with E-state index in [2.05, 4.69) is 18.8 Å². The van der Waals surface area contributed by atoms with Gasteiger partial charge in [-0.05, 0) is 67.5 Å². The normalized spacial score (nSPS) is 15.2. The lowest BCUT2D eigenvalue weighted by molar-refractivity contribution is 0.0744. The van der Waals surface area contributed by atoms with Crippen LogP contribution in [0.2, 0.25) is 0 Å². The minimum atomic E-state index is -0.978. The van der Waals surface area contributed by atoms with Crippen LogP contribution in [0, 0.1) is 23.1 Å². The van der Waals surface area contributed by atoms with Crippen LogP contribution >= 0.6 is 0 Å². The number of pyridine rings is 2. The van der Waals surface area contributed by atoms with Gasteiger partial charge in [-0.25, -0.2) is 14.2 Å². The highest BCUT2D eigenvalue weighted by Crippen LogP contribution is 2.28. The number of aryl methyl sites for hydroxylation is 1. The number of aromatic nitrogens is 2. The van der Waals surface area contributed by atoms with Gasteiger partial charge in [0, 0.05) is 31.9 Å². The molecule has 0 unspecified atom stereocenters. The van der Waals surface area contributed by atoms with Gasteiger partial charge in [-0.15, -0.1) is 0 Å². The number of halogens is 1. The molecular formula is C28H30FN5O3. The zero-order chi connectivity index (χ0) is 26.7. The SMILES string of the molecule is CC(C)CCc1cnc2ccc(-c3cc(F)cc(C#N)c3)nc2c1C(=O)N(C)C[C@@H]1CCCN1C(=O)O. The van der Waals surface area contributed by atoms with E-state index in [0.29, 0.717) is 53.2 Å². The number of hydrogen-bond acceptors (Lipinski definition) is 5. The lowest BCUT2D eigenvalue weighted by Gasteiger charge is -2.27. The zero-order valence-electron chi connectivity index (χ0n) is 21.2. The summed E-state index contributed by atoms with van der Waals surface area (Å²) in [6.07, 6.45) is 3.67. The van der Waals surface area contributed by atoms with Gasteiger partial charge in [0.15, 0.2) is 0 Å². The van der Waals surface area contributed by atoms with Crippen molar-refractivity contribution < 1.29 is 19.1 Å². The summed E-state index contributed by atoms with van der Waals surface area (Å²) < 4.78 is 14.2. The van der Waals surface area contributed by atoms with Crippen LogP contribution in [0.5, 0.6) is 0 Å². The minimum Gasteiger partial charge on any atom is -0.465 e. The maximum absolute atomic E-state index is 14.2. The zero-order valence-corrected chi connectivity index (χ0v) is 21.2. The minimum absolute atomic E-state index is 0.177. The lowest BCUT2D eigenvalue weighted by atomic mass is 9.97. The van der Waals surface area contributed by atoms with E-state index < -0.39 is 11.9 Å². The third-order valence-electron chi connectivity index (χ3n) is 6.77. The van der Waals surface area contributed by atoms with E-state index in [0.717, 1.165) is 24.5 Å². The van der Waals surface area contributed by atoms with Crippen molar-refractivity contribution in [3.63, 3.8) is 0 Å². The third-order valence-corrected chi connectivity index (χ3v) is 6.77. The predicted octanol–water partition coefficient (Wildman–Crippen LogP) is 5.11. The Morgan fingerprint density at radius 1 is 1.30 bits per heavy atom. The van der Waals surface area contributed by atoms with Gasteiger partial charge in [0.25, 0.3) is 5.91 Å². The van der Waals surface area contributed by atoms with Crippen LogP contribution in [-0.4, -0.2) is 63.1 Å². The first-order valence-electron chi connectivity index (χ1n) is 12.4. The number of amides is 2. The molecule has 192 valence electrons. The first-order valence-corrected chi connectivity index (χ1v) is 12.4. The van der Waals surface area contributed by atoms with E-state index in [9.17, 15) is 24.3 Å². The number of likely N-dealkylation sites (tertiary alicyclic amines) is 1. The molecule has 3 heterocycles. The number of fused-ring (bicyclic) bond motifs is 1. The molecular weight excluding hydrogens is 473 g/mol. The van der Waals surface area contributed by atoms with Crippen molar-refractivity contribution in [3.8, 4) is 17.3 Å². The molecule has 9 heteroatoms. The van der Waals surface area contributed by atoms with Crippen LogP contribution in [0.4, 0.5) is 9.18 Å². The Balaban J connectivity index is 1.78. The van der Waals surface area contributed by atoms with Gasteiger partial charge in [0.05, 0.1) is 34.4 Å². The van der Waals surface area contributed by atoms with Crippen LogP contribution in [0.3, 0.4) is 0 Å². The number of carbonyl (C=O) groups is 2. The molecule has 1 atom stereocenters. The van der Waals surface area contributed by atoms with Gasteiger partial charge < -0.3 is 14.9 Å². The highest BCUT2D eigenvalue weighted by molar-refractivity contribution is 6.06. The molecule has 1 aliphatic heterocycles. The quantitative estimate of drug-likeness (QED) is 0.480. The second-order valence-electron chi connectivity index (χ2n) is 9.95. The molecule has 2 amide bonds. The maximum atomic E-state index is 14.2. The fourth-order valence-electron chi connectivity index (χ4n) is 4.81. The fraction of sp³-hybridized carbons (Fsp3) is 0.393. The summed E-state index contributed by atoms with van der Waals surface area (Å²) in [5.74, 6) is -0.393. The van der Waals surface area contributed by atoms with E-state index in [-0.39, 0.29) is 24.1 Å². The summed E-state index contributed by atoms with van der Waals surface area (Å²) in [4.78, 5) is 37.7. The Morgan fingerprint density at radius 3 is 2.78 bits per heavy atom. The smallest absolute Gasteiger partial charge is 0.407 e. The van der Waals surface area contributed by atoms with Crippen LogP contribution in [0.15, 0.2) is 36.5 Å². The molecule has 8 nitrogen and oxygen atoms in total. The van der Waals surface area contributed by atoms with E-state index in [4.69, 9.17) is 4.98 Å². The Morgan fingerprint density at radius 2 is 2.08 bits per heavy atom. The van der Waals surface area contributed by atoms with Crippen molar-refractivity contribution in [1.82, 2.24) is 19.8 Å². The molecule has 1 N–H and O–H groups in total. The van der Waals surface area contributed by atoms with Gasteiger partial charge >= 0.3 is 6.09 Å². The van der Waals surface area contributed by atoms with Gasteiger partial charge in [-0.2, -0.15) is 5.26 Å². The van der Waals surface area contributed by atoms with E-state index in [1.807, 2.05) is 6.07 Å². The monoisotopic (exact) mass is 503 g/mol. The summed E-state index contributed by atoms with van der Waals surface area (Å²) in [5.41, 5.74) is 3.15. The van der Waals surface area contributed by atoms with E-state index in [1.165, 1.54) is 11.0 Å². The summed E-state index contributed by atoms with van der Waals surface area (Å²) in [7, 11) is 1.68. The second kappa shape index (κ2) is 10.9. The molecule has 1 aromatic carbocycles.